The first-order valence-electron chi connectivity index (χ1n) is 7.87. The molecule has 0 fully saturated rings. The van der Waals surface area contributed by atoms with Gasteiger partial charge in [-0.3, -0.25) is 0 Å². The fourth-order valence-electron chi connectivity index (χ4n) is 4.36. The van der Waals surface area contributed by atoms with Crippen LogP contribution in [0.15, 0.2) is 70.2 Å². The summed E-state index contributed by atoms with van der Waals surface area (Å²) in [6.07, 6.45) is 1.98. The SMILES string of the molecule is O=C(O)C1=C(C(=O)O)C2=CC3c4ccccc4C2([Se]1)c1ccccc13. The van der Waals surface area contributed by atoms with E-state index in [2.05, 4.69) is 12.1 Å². The van der Waals surface area contributed by atoms with E-state index < -0.39 is 31.2 Å². The number of hydrogen-bond donors (Lipinski definition) is 2. The molecular formula is C20H12O4Se. The zero-order valence-corrected chi connectivity index (χ0v) is 14.6. The molecular weight excluding hydrogens is 383 g/mol. The molecule has 0 saturated carbocycles. The Balaban J connectivity index is 1.90. The number of rotatable bonds is 2. The van der Waals surface area contributed by atoms with Crippen LogP contribution in [0.25, 0.3) is 0 Å². The predicted molar refractivity (Wildman–Crippen MR) is 91.6 cm³/mol. The van der Waals surface area contributed by atoms with Crippen LogP contribution in [-0.4, -0.2) is 37.1 Å². The zero-order valence-electron chi connectivity index (χ0n) is 12.9. The molecule has 2 N–H and O–H groups in total. The van der Waals surface area contributed by atoms with E-state index in [4.69, 9.17) is 0 Å². The topological polar surface area (TPSA) is 74.6 Å². The molecule has 122 valence electrons. The normalized spacial score (nSPS) is 25.1. The van der Waals surface area contributed by atoms with Crippen LogP contribution in [0.5, 0.6) is 0 Å². The average molecular weight is 395 g/mol. The first-order valence-corrected chi connectivity index (χ1v) is 9.58. The fourth-order valence-corrected chi connectivity index (χ4v) is 7.64. The molecule has 4 nitrogen and oxygen atoms in total. The summed E-state index contributed by atoms with van der Waals surface area (Å²) in [4.78, 5) is 23.7. The van der Waals surface area contributed by atoms with E-state index >= 15 is 0 Å². The number of carbonyl (C=O) groups is 2. The van der Waals surface area contributed by atoms with Crippen LogP contribution in [-0.2, 0) is 13.9 Å². The number of aliphatic carboxylic acids is 2. The quantitative estimate of drug-likeness (QED) is 0.767. The minimum atomic E-state index is -1.15. The Morgan fingerprint density at radius 2 is 1.44 bits per heavy atom. The summed E-state index contributed by atoms with van der Waals surface area (Å²) in [6.45, 7) is 0. The van der Waals surface area contributed by atoms with Gasteiger partial charge in [-0.25, -0.2) is 0 Å². The van der Waals surface area contributed by atoms with Crippen LogP contribution in [0, 0.1) is 0 Å². The molecule has 0 atom stereocenters. The third-order valence-electron chi connectivity index (χ3n) is 5.22. The predicted octanol–water partition coefficient (Wildman–Crippen LogP) is 2.46. The fraction of sp³-hybridized carbons (Fsp3) is 0.100. The van der Waals surface area contributed by atoms with Gasteiger partial charge in [-0.15, -0.1) is 0 Å². The molecule has 1 heterocycles. The summed E-state index contributed by atoms with van der Waals surface area (Å²) in [5.74, 6) is -2.30. The van der Waals surface area contributed by atoms with Crippen molar-refractivity contribution < 1.29 is 19.8 Å². The summed E-state index contributed by atoms with van der Waals surface area (Å²) in [5, 5.41) is 19.4. The Morgan fingerprint density at radius 3 is 1.96 bits per heavy atom. The second kappa shape index (κ2) is 4.72. The molecule has 0 saturated heterocycles. The first kappa shape index (κ1) is 14.7. The molecule has 2 aromatic carbocycles. The van der Waals surface area contributed by atoms with Gasteiger partial charge in [0, 0.05) is 0 Å². The molecule has 4 aliphatic rings. The molecule has 3 aliphatic carbocycles. The number of carboxylic acids is 2. The van der Waals surface area contributed by atoms with Crippen LogP contribution in [0.2, 0.25) is 0 Å². The maximum absolute atomic E-state index is 11.9. The van der Waals surface area contributed by atoms with Crippen molar-refractivity contribution in [1.82, 2.24) is 0 Å². The van der Waals surface area contributed by atoms with Crippen molar-refractivity contribution in [3.05, 3.63) is 92.5 Å². The van der Waals surface area contributed by atoms with Gasteiger partial charge in [0.1, 0.15) is 0 Å². The number of hydrogen-bond acceptors (Lipinski definition) is 2. The standard InChI is InChI=1S/C20H12O4Se/c21-18(22)16-15-9-12-10-5-1-3-7-13(10)20(15,25-17(16)19(23)24)14-8-4-2-6-11(12)14/h1-9,12H,(H,21,22)(H,23,24). The first-order chi connectivity index (χ1) is 12.1. The second-order valence-electron chi connectivity index (χ2n) is 6.33. The summed E-state index contributed by atoms with van der Waals surface area (Å²) >= 11 is -0.546. The Kier molecular flexibility index (Phi) is 2.77. The van der Waals surface area contributed by atoms with E-state index in [9.17, 15) is 19.8 Å². The van der Waals surface area contributed by atoms with Crippen molar-refractivity contribution in [2.45, 2.75) is 10.2 Å². The van der Waals surface area contributed by atoms with E-state index in [0.717, 1.165) is 22.3 Å². The van der Waals surface area contributed by atoms with Crippen molar-refractivity contribution in [2.75, 3.05) is 0 Å². The van der Waals surface area contributed by atoms with E-state index in [0.29, 0.717) is 5.57 Å². The van der Waals surface area contributed by atoms with E-state index in [-0.39, 0.29) is 16.0 Å². The van der Waals surface area contributed by atoms with Crippen LogP contribution in [0.4, 0.5) is 0 Å². The van der Waals surface area contributed by atoms with E-state index in [1.807, 2.05) is 42.5 Å². The zero-order chi connectivity index (χ0) is 17.3. The van der Waals surface area contributed by atoms with Crippen LogP contribution >= 0.6 is 0 Å². The Hall–Kier alpha value is -2.62. The van der Waals surface area contributed by atoms with Crippen LogP contribution < -0.4 is 0 Å². The van der Waals surface area contributed by atoms with Gasteiger partial charge < -0.3 is 0 Å². The van der Waals surface area contributed by atoms with Crippen LogP contribution in [0.3, 0.4) is 0 Å². The molecule has 1 spiro atoms. The summed E-state index contributed by atoms with van der Waals surface area (Å²) in [5.41, 5.74) is 5.09. The summed E-state index contributed by atoms with van der Waals surface area (Å²) in [6, 6.07) is 16.1. The Bertz CT molecular complexity index is 1000. The van der Waals surface area contributed by atoms with Gasteiger partial charge in [0.2, 0.25) is 0 Å². The summed E-state index contributed by atoms with van der Waals surface area (Å²) in [7, 11) is 0. The van der Waals surface area contributed by atoms with Gasteiger partial charge in [-0.2, -0.15) is 0 Å². The second-order valence-corrected chi connectivity index (χ2v) is 8.90. The molecule has 5 heteroatoms. The van der Waals surface area contributed by atoms with Crippen molar-refractivity contribution in [1.29, 1.82) is 0 Å². The Morgan fingerprint density at radius 1 is 0.880 bits per heavy atom. The number of benzene rings is 2. The van der Waals surface area contributed by atoms with Gasteiger partial charge >= 0.3 is 149 Å². The van der Waals surface area contributed by atoms with Crippen molar-refractivity contribution >= 4 is 26.9 Å². The maximum atomic E-state index is 11.9. The van der Waals surface area contributed by atoms with Gasteiger partial charge in [-0.05, 0) is 0 Å². The molecule has 0 radical (unpaired) electrons. The molecule has 2 bridgehead atoms. The Labute approximate surface area is 149 Å². The van der Waals surface area contributed by atoms with E-state index in [1.54, 1.807) is 0 Å². The monoisotopic (exact) mass is 396 g/mol. The molecule has 25 heavy (non-hydrogen) atoms. The molecule has 2 aromatic rings. The van der Waals surface area contributed by atoms with Crippen molar-refractivity contribution in [2.24, 2.45) is 0 Å². The number of allylic oxidation sites excluding steroid dienone is 1. The van der Waals surface area contributed by atoms with E-state index in [1.165, 1.54) is 0 Å². The average Bonchev–Trinajstić information content (AvgIpc) is 2.99. The molecule has 0 aromatic heterocycles. The van der Waals surface area contributed by atoms with Gasteiger partial charge in [0.25, 0.3) is 0 Å². The van der Waals surface area contributed by atoms with Crippen molar-refractivity contribution in [3.63, 3.8) is 0 Å². The molecule has 1 aliphatic heterocycles. The molecule has 6 rings (SSSR count). The van der Waals surface area contributed by atoms with Crippen molar-refractivity contribution in [3.8, 4) is 0 Å². The third-order valence-corrected chi connectivity index (χ3v) is 8.47. The third kappa shape index (κ3) is 1.62. The molecule has 0 amide bonds. The van der Waals surface area contributed by atoms with Gasteiger partial charge in [0.15, 0.2) is 0 Å². The molecule has 0 unspecified atom stereocenters. The summed E-state index contributed by atoms with van der Waals surface area (Å²) < 4.78 is -0.588. The van der Waals surface area contributed by atoms with Crippen LogP contribution in [0.1, 0.15) is 28.2 Å². The minimum absolute atomic E-state index is 0.0125. The van der Waals surface area contributed by atoms with Gasteiger partial charge in [0.05, 0.1) is 0 Å². The number of carboxylic acid groups (broad SMARTS) is 2. The van der Waals surface area contributed by atoms with Gasteiger partial charge in [-0.1, -0.05) is 0 Å².